The zero-order valence-corrected chi connectivity index (χ0v) is 16.3. The average molecular weight is 384 g/mol. The van der Waals surface area contributed by atoms with Crippen LogP contribution in [0.3, 0.4) is 0 Å². The van der Waals surface area contributed by atoms with Crippen molar-refractivity contribution < 1.29 is 14.3 Å². The molecule has 0 radical (unpaired) electrons. The Bertz CT molecular complexity index is 909. The molecule has 1 aliphatic heterocycles. The number of carbonyl (C=O) groups is 1. The lowest BCUT2D eigenvalue weighted by Gasteiger charge is -2.30. The van der Waals surface area contributed by atoms with E-state index in [0.717, 1.165) is 52.4 Å². The fourth-order valence-electron chi connectivity index (χ4n) is 3.81. The number of ether oxygens (including phenoxy) is 2. The third kappa shape index (κ3) is 3.60. The van der Waals surface area contributed by atoms with Crippen molar-refractivity contribution >= 4 is 29.1 Å². The van der Waals surface area contributed by atoms with Crippen LogP contribution in [0.15, 0.2) is 35.9 Å². The molecular weight excluding hydrogens is 362 g/mol. The van der Waals surface area contributed by atoms with Gasteiger partial charge in [0, 0.05) is 35.7 Å². The second-order valence-corrected chi connectivity index (χ2v) is 7.45. The molecule has 0 N–H and O–H groups in total. The number of allylic oxidation sites excluding steroid dienone is 1. The van der Waals surface area contributed by atoms with Crippen molar-refractivity contribution in [2.75, 3.05) is 38.3 Å². The summed E-state index contributed by atoms with van der Waals surface area (Å²) >= 11 is 6.16. The summed E-state index contributed by atoms with van der Waals surface area (Å²) in [5.41, 5.74) is 5.63. The summed E-state index contributed by atoms with van der Waals surface area (Å²) in [5.74, 6) is 0.804. The summed E-state index contributed by atoms with van der Waals surface area (Å²) in [6, 6.07) is 9.81. The lowest BCUT2D eigenvalue weighted by atomic mass is 10.1. The summed E-state index contributed by atoms with van der Waals surface area (Å²) in [6.45, 7) is 5.07. The number of fused-ring (bicyclic) bond motifs is 1. The first-order valence-corrected chi connectivity index (χ1v) is 9.49. The van der Waals surface area contributed by atoms with Crippen LogP contribution in [-0.4, -0.2) is 39.2 Å². The number of rotatable bonds is 3. The summed E-state index contributed by atoms with van der Waals surface area (Å²) in [7, 11) is 1.65. The van der Waals surface area contributed by atoms with Crippen LogP contribution in [0.5, 0.6) is 5.75 Å². The van der Waals surface area contributed by atoms with Gasteiger partial charge in [-0.3, -0.25) is 4.79 Å². The lowest BCUT2D eigenvalue weighted by Crippen LogP contribution is -2.36. The highest BCUT2D eigenvalue weighted by Crippen LogP contribution is 2.38. The molecule has 2 aromatic rings. The van der Waals surface area contributed by atoms with Crippen molar-refractivity contribution in [3.63, 3.8) is 0 Å². The Morgan fingerprint density at radius 3 is 2.63 bits per heavy atom. The summed E-state index contributed by atoms with van der Waals surface area (Å²) in [5, 5.41) is 0.682. The topological polar surface area (TPSA) is 38.8 Å². The molecule has 5 heteroatoms. The van der Waals surface area contributed by atoms with Crippen LogP contribution in [0.2, 0.25) is 5.02 Å². The molecule has 0 bridgehead atoms. The molecule has 140 valence electrons. The fourth-order valence-corrected chi connectivity index (χ4v) is 4.11. The minimum atomic E-state index is 0.0643. The molecule has 0 unspecified atom stereocenters. The lowest BCUT2D eigenvalue weighted by molar-refractivity contribution is 0.104. The largest absolute Gasteiger partial charge is 0.495 e. The van der Waals surface area contributed by atoms with Crippen molar-refractivity contribution in [3.05, 3.63) is 63.2 Å². The number of morpholine rings is 1. The summed E-state index contributed by atoms with van der Waals surface area (Å²) in [6.07, 6.45) is 2.57. The van der Waals surface area contributed by atoms with Gasteiger partial charge in [-0.15, -0.1) is 0 Å². The highest BCUT2D eigenvalue weighted by atomic mass is 35.5. The van der Waals surface area contributed by atoms with Crippen molar-refractivity contribution in [1.82, 2.24) is 0 Å². The molecular formula is C22H22ClNO3. The number of hydrogen-bond donors (Lipinski definition) is 0. The van der Waals surface area contributed by atoms with Gasteiger partial charge in [-0.05, 0) is 54.0 Å². The van der Waals surface area contributed by atoms with Gasteiger partial charge in [0.1, 0.15) is 5.75 Å². The Balaban J connectivity index is 1.70. The third-order valence-corrected chi connectivity index (χ3v) is 5.30. The summed E-state index contributed by atoms with van der Waals surface area (Å²) in [4.78, 5) is 15.2. The van der Waals surface area contributed by atoms with Crippen molar-refractivity contribution in [2.24, 2.45) is 0 Å². The van der Waals surface area contributed by atoms with Gasteiger partial charge in [0.2, 0.25) is 0 Å². The number of aryl methyl sites for hydroxylation is 1. The molecule has 2 aromatic carbocycles. The number of Topliss-reactive ketones (excluding diaryl/α,β-unsaturated/α-hetero) is 1. The van der Waals surface area contributed by atoms with Gasteiger partial charge in [-0.25, -0.2) is 0 Å². The maximum absolute atomic E-state index is 12.9. The molecule has 1 heterocycles. The van der Waals surface area contributed by atoms with E-state index in [4.69, 9.17) is 21.1 Å². The van der Waals surface area contributed by atoms with E-state index in [1.54, 1.807) is 7.11 Å². The van der Waals surface area contributed by atoms with Crippen molar-refractivity contribution in [1.29, 1.82) is 0 Å². The van der Waals surface area contributed by atoms with E-state index in [1.165, 1.54) is 0 Å². The zero-order chi connectivity index (χ0) is 19.0. The van der Waals surface area contributed by atoms with Gasteiger partial charge in [-0.2, -0.15) is 0 Å². The van der Waals surface area contributed by atoms with Gasteiger partial charge in [0.15, 0.2) is 5.78 Å². The molecule has 1 saturated heterocycles. The van der Waals surface area contributed by atoms with Crippen LogP contribution < -0.4 is 9.64 Å². The Kier molecular flexibility index (Phi) is 4.94. The van der Waals surface area contributed by atoms with Gasteiger partial charge in [0.25, 0.3) is 0 Å². The third-order valence-electron chi connectivity index (χ3n) is 5.08. The Hall–Kier alpha value is -2.30. The highest BCUT2D eigenvalue weighted by Gasteiger charge is 2.28. The number of halogens is 1. The molecule has 0 spiro atoms. The van der Waals surface area contributed by atoms with E-state index in [1.807, 2.05) is 37.3 Å². The number of methoxy groups -OCH3 is 1. The Morgan fingerprint density at radius 1 is 1.15 bits per heavy atom. The maximum atomic E-state index is 12.9. The van der Waals surface area contributed by atoms with E-state index in [0.29, 0.717) is 24.7 Å². The van der Waals surface area contributed by atoms with E-state index >= 15 is 0 Å². The first-order chi connectivity index (χ1) is 13.0. The predicted octanol–water partition coefficient (Wildman–Crippen LogP) is 4.32. The second kappa shape index (κ2) is 7.37. The van der Waals surface area contributed by atoms with Gasteiger partial charge in [-0.1, -0.05) is 17.7 Å². The smallest absolute Gasteiger partial charge is 0.189 e. The van der Waals surface area contributed by atoms with Crippen LogP contribution in [0.1, 0.15) is 27.0 Å². The molecule has 27 heavy (non-hydrogen) atoms. The van der Waals surface area contributed by atoms with Gasteiger partial charge >= 0.3 is 0 Å². The van der Waals surface area contributed by atoms with Gasteiger partial charge in [0.05, 0.1) is 26.0 Å². The van der Waals surface area contributed by atoms with Crippen molar-refractivity contribution in [3.8, 4) is 5.75 Å². The van der Waals surface area contributed by atoms with Crippen LogP contribution >= 0.6 is 11.6 Å². The van der Waals surface area contributed by atoms with E-state index in [9.17, 15) is 4.79 Å². The normalized spacial score (nSPS) is 18.1. The zero-order valence-electron chi connectivity index (χ0n) is 15.5. The Morgan fingerprint density at radius 2 is 1.93 bits per heavy atom. The van der Waals surface area contributed by atoms with Crippen LogP contribution in [0, 0.1) is 6.92 Å². The fraction of sp³-hybridized carbons (Fsp3) is 0.318. The predicted molar refractivity (Wildman–Crippen MR) is 108 cm³/mol. The van der Waals surface area contributed by atoms with E-state index < -0.39 is 0 Å². The first kappa shape index (κ1) is 18.1. The molecule has 4 rings (SSSR count). The highest BCUT2D eigenvalue weighted by molar-refractivity contribution is 6.30. The standard InChI is InChI=1S/C22H22ClNO3/c1-14-7-15(10-18(23)8-14)9-17-11-16-12-20(24-3-5-27-6-4-24)21(26-2)13-19(16)22(17)25/h7-10,12-13H,3-6,11H2,1-2H3/b17-9+. The number of benzene rings is 2. The SMILES string of the molecule is COc1cc2c(cc1N1CCOCC1)C/C(=C\c1cc(C)cc(Cl)c1)C2=O. The Labute approximate surface area is 164 Å². The first-order valence-electron chi connectivity index (χ1n) is 9.11. The van der Waals surface area contributed by atoms with Crippen molar-refractivity contribution in [2.45, 2.75) is 13.3 Å². The summed E-state index contributed by atoms with van der Waals surface area (Å²) < 4.78 is 11.0. The molecule has 2 aliphatic rings. The maximum Gasteiger partial charge on any atom is 0.189 e. The van der Waals surface area contributed by atoms with Crippen LogP contribution in [0.25, 0.3) is 6.08 Å². The minimum absolute atomic E-state index is 0.0643. The molecule has 1 fully saturated rings. The monoisotopic (exact) mass is 383 g/mol. The average Bonchev–Trinajstić information content (AvgIpc) is 2.95. The molecule has 1 aliphatic carbocycles. The quantitative estimate of drug-likeness (QED) is 0.740. The van der Waals surface area contributed by atoms with Crippen LogP contribution in [0.4, 0.5) is 5.69 Å². The number of hydrogen-bond acceptors (Lipinski definition) is 4. The minimum Gasteiger partial charge on any atom is -0.495 e. The number of carbonyl (C=O) groups excluding carboxylic acids is 1. The molecule has 4 nitrogen and oxygen atoms in total. The molecule has 0 atom stereocenters. The van der Waals surface area contributed by atoms with E-state index in [-0.39, 0.29) is 5.78 Å². The molecule has 0 aromatic heterocycles. The molecule has 0 amide bonds. The number of ketones is 1. The second-order valence-electron chi connectivity index (χ2n) is 7.02. The van der Waals surface area contributed by atoms with Gasteiger partial charge < -0.3 is 14.4 Å². The molecule has 0 saturated carbocycles. The number of anilines is 1. The number of nitrogens with zero attached hydrogens (tertiary/aromatic N) is 1. The van der Waals surface area contributed by atoms with Crippen LogP contribution in [-0.2, 0) is 11.2 Å². The van der Waals surface area contributed by atoms with E-state index in [2.05, 4.69) is 11.0 Å².